The number of rotatable bonds is 6. The van der Waals surface area contributed by atoms with Crippen LogP contribution in [-0.2, 0) is 4.74 Å². The van der Waals surface area contributed by atoms with Crippen molar-refractivity contribution in [2.75, 3.05) is 33.4 Å². The molecule has 90 valence electrons. The fraction of sp³-hybridized carbons (Fsp3) is 1.00. The van der Waals surface area contributed by atoms with Crippen LogP contribution in [0.3, 0.4) is 0 Å². The molecule has 1 heterocycles. The van der Waals surface area contributed by atoms with Crippen molar-refractivity contribution < 1.29 is 4.74 Å². The second-order valence-corrected chi connectivity index (χ2v) is 5.13. The Morgan fingerprint density at radius 1 is 1.40 bits per heavy atom. The van der Waals surface area contributed by atoms with Gasteiger partial charge in [0.2, 0.25) is 0 Å². The van der Waals surface area contributed by atoms with Gasteiger partial charge in [0.05, 0.1) is 0 Å². The molecule has 0 radical (unpaired) electrons. The van der Waals surface area contributed by atoms with Gasteiger partial charge in [-0.3, -0.25) is 0 Å². The molecule has 1 aliphatic heterocycles. The second kappa shape index (κ2) is 6.46. The first-order valence-corrected chi connectivity index (χ1v) is 6.09. The molecule has 1 N–H and O–H groups in total. The van der Waals surface area contributed by atoms with E-state index in [0.717, 1.165) is 6.61 Å². The Morgan fingerprint density at radius 2 is 2.13 bits per heavy atom. The molecule has 0 bridgehead atoms. The lowest BCUT2D eigenvalue weighted by atomic mass is 10.2. The molecule has 2 unspecified atom stereocenters. The van der Waals surface area contributed by atoms with Gasteiger partial charge in [0.1, 0.15) is 0 Å². The van der Waals surface area contributed by atoms with E-state index in [1.807, 2.05) is 0 Å². The molecule has 0 amide bonds. The fourth-order valence-electron chi connectivity index (χ4n) is 2.38. The summed E-state index contributed by atoms with van der Waals surface area (Å²) >= 11 is 0. The monoisotopic (exact) mass is 214 g/mol. The van der Waals surface area contributed by atoms with Crippen molar-refractivity contribution >= 4 is 0 Å². The largest absolute Gasteiger partial charge is 0.384 e. The molecule has 0 aromatic heterocycles. The average molecular weight is 214 g/mol. The lowest BCUT2D eigenvalue weighted by molar-refractivity contribution is 0.136. The van der Waals surface area contributed by atoms with E-state index in [-0.39, 0.29) is 0 Å². The molecule has 0 aromatic rings. The molecular weight excluding hydrogens is 188 g/mol. The summed E-state index contributed by atoms with van der Waals surface area (Å²) < 4.78 is 5.16. The summed E-state index contributed by atoms with van der Waals surface area (Å²) in [5.74, 6) is 0.646. The normalized spacial score (nSPS) is 25.0. The van der Waals surface area contributed by atoms with Crippen LogP contribution in [0.1, 0.15) is 27.2 Å². The highest BCUT2D eigenvalue weighted by molar-refractivity contribution is 4.82. The zero-order valence-electron chi connectivity index (χ0n) is 10.6. The van der Waals surface area contributed by atoms with Crippen LogP contribution in [-0.4, -0.2) is 50.3 Å². The van der Waals surface area contributed by atoms with E-state index in [2.05, 4.69) is 31.0 Å². The summed E-state index contributed by atoms with van der Waals surface area (Å²) in [6.07, 6.45) is 1.29. The van der Waals surface area contributed by atoms with Gasteiger partial charge in [0.15, 0.2) is 0 Å². The number of ether oxygens (including phenoxy) is 1. The molecule has 1 fully saturated rings. The highest BCUT2D eigenvalue weighted by Crippen LogP contribution is 2.12. The Bertz CT molecular complexity index is 173. The Kier molecular flexibility index (Phi) is 5.58. The van der Waals surface area contributed by atoms with Crippen LogP contribution in [0.4, 0.5) is 0 Å². The van der Waals surface area contributed by atoms with E-state index in [1.165, 1.54) is 26.1 Å². The number of likely N-dealkylation sites (tertiary alicyclic amines) is 1. The predicted molar refractivity (Wildman–Crippen MR) is 64.2 cm³/mol. The molecule has 2 atom stereocenters. The van der Waals surface area contributed by atoms with Crippen molar-refractivity contribution in [1.29, 1.82) is 0 Å². The minimum absolute atomic E-state index is 0.603. The Labute approximate surface area is 94.2 Å². The van der Waals surface area contributed by atoms with Crippen LogP contribution in [0.15, 0.2) is 0 Å². The van der Waals surface area contributed by atoms with E-state index in [1.54, 1.807) is 7.11 Å². The zero-order valence-corrected chi connectivity index (χ0v) is 10.6. The van der Waals surface area contributed by atoms with Gasteiger partial charge < -0.3 is 15.0 Å². The third-order valence-corrected chi connectivity index (χ3v) is 2.86. The molecule has 1 aliphatic rings. The van der Waals surface area contributed by atoms with E-state index in [0.29, 0.717) is 18.0 Å². The molecule has 3 nitrogen and oxygen atoms in total. The lowest BCUT2D eigenvalue weighted by Crippen LogP contribution is -2.38. The molecule has 3 heteroatoms. The maximum Gasteiger partial charge on any atom is 0.0500 e. The minimum atomic E-state index is 0.603. The van der Waals surface area contributed by atoms with Gasteiger partial charge in [-0.1, -0.05) is 20.8 Å². The van der Waals surface area contributed by atoms with Crippen molar-refractivity contribution in [3.63, 3.8) is 0 Å². The van der Waals surface area contributed by atoms with Crippen LogP contribution >= 0.6 is 0 Å². The van der Waals surface area contributed by atoms with Gasteiger partial charge in [0.25, 0.3) is 0 Å². The van der Waals surface area contributed by atoms with Crippen LogP contribution in [0.2, 0.25) is 0 Å². The van der Waals surface area contributed by atoms with E-state index < -0.39 is 0 Å². The van der Waals surface area contributed by atoms with Crippen molar-refractivity contribution in [1.82, 2.24) is 10.2 Å². The molecule has 15 heavy (non-hydrogen) atoms. The van der Waals surface area contributed by atoms with Crippen molar-refractivity contribution in [2.45, 2.75) is 39.3 Å². The summed E-state index contributed by atoms with van der Waals surface area (Å²) in [5, 5.41) is 3.60. The SMILES string of the molecule is COCC(C)CN1CCC(NC(C)C)C1. The van der Waals surface area contributed by atoms with Crippen molar-refractivity contribution in [3.8, 4) is 0 Å². The smallest absolute Gasteiger partial charge is 0.0500 e. The molecule has 1 saturated heterocycles. The third kappa shape index (κ3) is 4.96. The first-order valence-electron chi connectivity index (χ1n) is 6.09. The molecule has 1 rings (SSSR count). The predicted octanol–water partition coefficient (Wildman–Crippen LogP) is 1.34. The molecule has 0 spiro atoms. The van der Waals surface area contributed by atoms with E-state index >= 15 is 0 Å². The highest BCUT2D eigenvalue weighted by atomic mass is 16.5. The van der Waals surface area contributed by atoms with Gasteiger partial charge in [-0.05, 0) is 18.9 Å². The Morgan fingerprint density at radius 3 is 2.73 bits per heavy atom. The molecule has 0 saturated carbocycles. The third-order valence-electron chi connectivity index (χ3n) is 2.86. The summed E-state index contributed by atoms with van der Waals surface area (Å²) in [4.78, 5) is 2.55. The van der Waals surface area contributed by atoms with Crippen LogP contribution in [0.25, 0.3) is 0 Å². The maximum absolute atomic E-state index is 5.16. The first-order chi connectivity index (χ1) is 7.11. The maximum atomic E-state index is 5.16. The summed E-state index contributed by atoms with van der Waals surface area (Å²) in [5.41, 5.74) is 0. The number of nitrogens with zero attached hydrogens (tertiary/aromatic N) is 1. The lowest BCUT2D eigenvalue weighted by Gasteiger charge is -2.21. The topological polar surface area (TPSA) is 24.5 Å². The van der Waals surface area contributed by atoms with Crippen LogP contribution in [0.5, 0.6) is 0 Å². The van der Waals surface area contributed by atoms with Gasteiger partial charge in [0, 0.05) is 38.9 Å². The minimum Gasteiger partial charge on any atom is -0.384 e. The van der Waals surface area contributed by atoms with Crippen molar-refractivity contribution in [3.05, 3.63) is 0 Å². The second-order valence-electron chi connectivity index (χ2n) is 5.13. The number of hydrogen-bond acceptors (Lipinski definition) is 3. The number of methoxy groups -OCH3 is 1. The fourth-order valence-corrected chi connectivity index (χ4v) is 2.38. The van der Waals surface area contributed by atoms with Gasteiger partial charge in [-0.25, -0.2) is 0 Å². The molecule has 0 aromatic carbocycles. The van der Waals surface area contributed by atoms with Crippen molar-refractivity contribution in [2.24, 2.45) is 5.92 Å². The quantitative estimate of drug-likeness (QED) is 0.722. The average Bonchev–Trinajstić information content (AvgIpc) is 2.51. The Balaban J connectivity index is 2.18. The van der Waals surface area contributed by atoms with Gasteiger partial charge in [-0.15, -0.1) is 0 Å². The first kappa shape index (κ1) is 12.9. The molecular formula is C12H26N2O. The summed E-state index contributed by atoms with van der Waals surface area (Å²) in [6, 6.07) is 1.30. The van der Waals surface area contributed by atoms with Crippen LogP contribution < -0.4 is 5.32 Å². The van der Waals surface area contributed by atoms with E-state index in [4.69, 9.17) is 4.74 Å². The number of nitrogens with one attached hydrogen (secondary N) is 1. The Hall–Kier alpha value is -0.120. The summed E-state index contributed by atoms with van der Waals surface area (Å²) in [7, 11) is 1.78. The van der Waals surface area contributed by atoms with Gasteiger partial charge >= 0.3 is 0 Å². The standard InChI is InChI=1S/C12H26N2O/c1-10(2)13-12-5-6-14(8-12)7-11(3)9-15-4/h10-13H,5-9H2,1-4H3. The number of hydrogen-bond donors (Lipinski definition) is 1. The van der Waals surface area contributed by atoms with E-state index in [9.17, 15) is 0 Å². The molecule has 0 aliphatic carbocycles. The van der Waals surface area contributed by atoms with Crippen LogP contribution in [0, 0.1) is 5.92 Å². The summed E-state index contributed by atoms with van der Waals surface area (Å²) in [6.45, 7) is 11.2. The highest BCUT2D eigenvalue weighted by Gasteiger charge is 2.23. The zero-order chi connectivity index (χ0) is 11.3. The van der Waals surface area contributed by atoms with Gasteiger partial charge in [-0.2, -0.15) is 0 Å².